The van der Waals surface area contributed by atoms with Crippen molar-refractivity contribution in [3.8, 4) is 0 Å². The Bertz CT molecular complexity index is 125. The first-order valence-corrected chi connectivity index (χ1v) is 6.52. The average molecular weight is 198 g/mol. The molecule has 1 nitrogen and oxygen atoms in total. The van der Waals surface area contributed by atoms with Crippen molar-refractivity contribution in [3.63, 3.8) is 0 Å². The lowest BCUT2D eigenvalue weighted by Crippen LogP contribution is -2.19. The van der Waals surface area contributed by atoms with Gasteiger partial charge in [-0.25, -0.2) is 0 Å². The van der Waals surface area contributed by atoms with E-state index >= 15 is 0 Å². The molecule has 0 heterocycles. The fourth-order valence-electron chi connectivity index (χ4n) is 2.53. The molecule has 1 N–H and O–H groups in total. The van der Waals surface area contributed by atoms with E-state index in [9.17, 15) is 5.11 Å². The van der Waals surface area contributed by atoms with Crippen LogP contribution in [0.4, 0.5) is 0 Å². The average Bonchev–Trinajstić information content (AvgIpc) is 2.46. The van der Waals surface area contributed by atoms with Gasteiger partial charge in [0.2, 0.25) is 0 Å². The highest BCUT2D eigenvalue weighted by Crippen LogP contribution is 2.27. The number of hydrogen-bond donors (Lipinski definition) is 1. The van der Waals surface area contributed by atoms with E-state index in [4.69, 9.17) is 0 Å². The third-order valence-corrected chi connectivity index (χ3v) is 3.55. The van der Waals surface area contributed by atoms with Crippen LogP contribution in [0.1, 0.15) is 71.1 Å². The molecule has 1 rings (SSSR count). The van der Waals surface area contributed by atoms with Crippen LogP contribution in [0.5, 0.6) is 0 Å². The molecule has 0 bridgehead atoms. The molecule has 1 fully saturated rings. The van der Waals surface area contributed by atoms with Crippen LogP contribution in [0.15, 0.2) is 0 Å². The Hall–Kier alpha value is -0.0400. The number of aliphatic hydroxyl groups is 1. The minimum atomic E-state index is -0.000324. The molecule has 0 spiro atoms. The minimum Gasteiger partial charge on any atom is -0.393 e. The Morgan fingerprint density at radius 1 is 1.07 bits per heavy atom. The molecule has 0 amide bonds. The largest absolute Gasteiger partial charge is 0.393 e. The van der Waals surface area contributed by atoms with Gasteiger partial charge in [0.25, 0.3) is 0 Å². The van der Waals surface area contributed by atoms with Crippen LogP contribution < -0.4 is 0 Å². The molecular weight excluding hydrogens is 172 g/mol. The maximum atomic E-state index is 10.0. The van der Waals surface area contributed by atoms with Gasteiger partial charge in [-0.15, -0.1) is 0 Å². The van der Waals surface area contributed by atoms with Gasteiger partial charge in [-0.3, -0.25) is 0 Å². The molecule has 84 valence electrons. The van der Waals surface area contributed by atoms with E-state index in [1.54, 1.807) is 0 Å². The van der Waals surface area contributed by atoms with Gasteiger partial charge >= 0.3 is 0 Å². The molecule has 1 aliphatic rings. The lowest BCUT2D eigenvalue weighted by molar-refractivity contribution is 0.0875. The molecule has 1 saturated carbocycles. The Morgan fingerprint density at radius 2 is 1.71 bits per heavy atom. The predicted octanol–water partition coefficient (Wildman–Crippen LogP) is 3.90. The third kappa shape index (κ3) is 4.45. The van der Waals surface area contributed by atoms with Crippen molar-refractivity contribution >= 4 is 0 Å². The molecule has 1 atom stereocenters. The van der Waals surface area contributed by atoms with Crippen LogP contribution in [0.25, 0.3) is 0 Å². The highest BCUT2D eigenvalue weighted by atomic mass is 16.3. The van der Waals surface area contributed by atoms with E-state index in [2.05, 4.69) is 6.92 Å². The normalized spacial score (nSPS) is 21.9. The summed E-state index contributed by atoms with van der Waals surface area (Å²) in [6, 6.07) is 0. The maximum Gasteiger partial charge on any atom is 0.0568 e. The summed E-state index contributed by atoms with van der Waals surface area (Å²) >= 11 is 0. The summed E-state index contributed by atoms with van der Waals surface area (Å²) in [6.45, 7) is 2.22. The highest BCUT2D eigenvalue weighted by Gasteiger charge is 2.19. The zero-order valence-electron chi connectivity index (χ0n) is 9.67. The van der Waals surface area contributed by atoms with Crippen LogP contribution in [0, 0.1) is 5.92 Å². The molecule has 0 aromatic carbocycles. The van der Waals surface area contributed by atoms with E-state index in [0.29, 0.717) is 5.92 Å². The summed E-state index contributed by atoms with van der Waals surface area (Å²) < 4.78 is 0. The molecular formula is C13H26O. The quantitative estimate of drug-likeness (QED) is 0.525. The smallest absolute Gasteiger partial charge is 0.0568 e. The molecule has 0 radical (unpaired) electrons. The molecule has 1 heteroatoms. The first-order chi connectivity index (χ1) is 6.84. The van der Waals surface area contributed by atoms with E-state index in [1.165, 1.54) is 57.8 Å². The molecule has 0 aliphatic heterocycles. The number of hydrogen-bond acceptors (Lipinski definition) is 1. The summed E-state index contributed by atoms with van der Waals surface area (Å²) in [7, 11) is 0. The second-order valence-electron chi connectivity index (χ2n) is 4.81. The van der Waals surface area contributed by atoms with Gasteiger partial charge < -0.3 is 5.11 Å². The predicted molar refractivity (Wildman–Crippen MR) is 61.3 cm³/mol. The third-order valence-electron chi connectivity index (χ3n) is 3.55. The van der Waals surface area contributed by atoms with Crippen molar-refractivity contribution in [1.82, 2.24) is 0 Å². The van der Waals surface area contributed by atoms with Gasteiger partial charge in [0.1, 0.15) is 0 Å². The van der Waals surface area contributed by atoms with Gasteiger partial charge in [-0.1, -0.05) is 51.9 Å². The van der Waals surface area contributed by atoms with Crippen LogP contribution in [0.3, 0.4) is 0 Å². The number of aliphatic hydroxyl groups excluding tert-OH is 1. The lowest BCUT2D eigenvalue weighted by Gasteiger charge is -2.20. The fourth-order valence-corrected chi connectivity index (χ4v) is 2.53. The lowest BCUT2D eigenvalue weighted by atomic mass is 9.91. The Kier molecular flexibility index (Phi) is 6.25. The van der Waals surface area contributed by atoms with Crippen molar-refractivity contribution in [3.05, 3.63) is 0 Å². The summed E-state index contributed by atoms with van der Waals surface area (Å²) in [5.74, 6) is 0.620. The minimum absolute atomic E-state index is 0.000324. The molecule has 0 aromatic heterocycles. The molecule has 1 unspecified atom stereocenters. The van der Waals surface area contributed by atoms with Gasteiger partial charge in [-0.05, 0) is 25.2 Å². The Morgan fingerprint density at radius 3 is 2.29 bits per heavy atom. The van der Waals surface area contributed by atoms with Gasteiger partial charge in [-0.2, -0.15) is 0 Å². The van der Waals surface area contributed by atoms with Crippen molar-refractivity contribution in [2.75, 3.05) is 0 Å². The van der Waals surface area contributed by atoms with Crippen molar-refractivity contribution in [2.24, 2.45) is 5.92 Å². The van der Waals surface area contributed by atoms with Gasteiger partial charge in [0.05, 0.1) is 6.10 Å². The van der Waals surface area contributed by atoms with Crippen molar-refractivity contribution < 1.29 is 5.11 Å². The topological polar surface area (TPSA) is 20.2 Å². The molecule has 0 saturated heterocycles. The van der Waals surface area contributed by atoms with E-state index in [1.807, 2.05) is 0 Å². The standard InChI is InChI=1S/C13H26O/c1-2-3-6-11-13(14)12-9-7-4-5-8-10-12/h12-14H,2-11H2,1H3. The zero-order chi connectivity index (χ0) is 10.2. The van der Waals surface area contributed by atoms with Gasteiger partial charge in [0, 0.05) is 0 Å². The van der Waals surface area contributed by atoms with Crippen molar-refractivity contribution in [2.45, 2.75) is 77.2 Å². The van der Waals surface area contributed by atoms with E-state index < -0.39 is 0 Å². The van der Waals surface area contributed by atoms with Crippen LogP contribution in [-0.4, -0.2) is 11.2 Å². The highest BCUT2D eigenvalue weighted by molar-refractivity contribution is 4.72. The second kappa shape index (κ2) is 7.28. The Balaban J connectivity index is 2.16. The molecule has 14 heavy (non-hydrogen) atoms. The SMILES string of the molecule is CCCCCC(O)C1CCCCCC1. The van der Waals surface area contributed by atoms with Crippen molar-refractivity contribution in [1.29, 1.82) is 0 Å². The summed E-state index contributed by atoms with van der Waals surface area (Å²) in [5.41, 5.74) is 0. The second-order valence-corrected chi connectivity index (χ2v) is 4.81. The number of unbranched alkanes of at least 4 members (excludes halogenated alkanes) is 2. The number of rotatable bonds is 5. The summed E-state index contributed by atoms with van der Waals surface area (Å²) in [6.07, 6.45) is 12.8. The summed E-state index contributed by atoms with van der Waals surface area (Å²) in [5, 5.41) is 10.0. The maximum absolute atomic E-state index is 10.0. The van der Waals surface area contributed by atoms with Crippen LogP contribution in [-0.2, 0) is 0 Å². The summed E-state index contributed by atoms with van der Waals surface area (Å²) in [4.78, 5) is 0. The van der Waals surface area contributed by atoms with E-state index in [0.717, 1.165) is 6.42 Å². The van der Waals surface area contributed by atoms with Crippen LogP contribution >= 0.6 is 0 Å². The fraction of sp³-hybridized carbons (Fsp3) is 1.00. The first kappa shape index (κ1) is 12.0. The molecule has 1 aliphatic carbocycles. The van der Waals surface area contributed by atoms with Gasteiger partial charge in [0.15, 0.2) is 0 Å². The first-order valence-electron chi connectivity index (χ1n) is 6.52. The zero-order valence-corrected chi connectivity index (χ0v) is 9.67. The Labute approximate surface area is 88.9 Å². The van der Waals surface area contributed by atoms with Crippen LogP contribution in [0.2, 0.25) is 0 Å². The molecule has 0 aromatic rings. The monoisotopic (exact) mass is 198 g/mol. The van der Waals surface area contributed by atoms with E-state index in [-0.39, 0.29) is 6.10 Å².